The summed E-state index contributed by atoms with van der Waals surface area (Å²) in [5.74, 6) is 1.33. The second-order valence-electron chi connectivity index (χ2n) is 4.28. The van der Waals surface area contributed by atoms with Gasteiger partial charge in [-0.1, -0.05) is 18.2 Å². The topological polar surface area (TPSA) is 57.4 Å². The molecule has 0 aliphatic heterocycles. The Morgan fingerprint density at radius 2 is 2.05 bits per heavy atom. The minimum absolute atomic E-state index is 0.489. The van der Waals surface area contributed by atoms with E-state index in [1.54, 1.807) is 7.11 Å². The molecule has 1 aromatic carbocycles. The van der Waals surface area contributed by atoms with Crippen molar-refractivity contribution in [1.29, 1.82) is 0 Å². The van der Waals surface area contributed by atoms with Crippen LogP contribution in [0, 0.1) is 6.92 Å². The van der Waals surface area contributed by atoms with E-state index in [2.05, 4.69) is 4.98 Å². The van der Waals surface area contributed by atoms with Crippen LogP contribution in [-0.2, 0) is 17.9 Å². The maximum atomic E-state index is 5.74. The van der Waals surface area contributed by atoms with Gasteiger partial charge in [-0.05, 0) is 30.2 Å². The summed E-state index contributed by atoms with van der Waals surface area (Å²) in [6, 6.07) is 11.5. The molecule has 4 nitrogen and oxygen atoms in total. The molecular weight excluding hydrogens is 240 g/mol. The van der Waals surface area contributed by atoms with Gasteiger partial charge in [0.2, 0.25) is 5.88 Å². The lowest BCUT2D eigenvalue weighted by molar-refractivity contribution is 0.184. The Morgan fingerprint density at radius 3 is 2.74 bits per heavy atom. The zero-order valence-electron chi connectivity index (χ0n) is 11.2. The number of rotatable bonds is 5. The zero-order valence-corrected chi connectivity index (χ0v) is 11.2. The predicted molar refractivity (Wildman–Crippen MR) is 74.1 cm³/mol. The van der Waals surface area contributed by atoms with Gasteiger partial charge >= 0.3 is 0 Å². The fourth-order valence-corrected chi connectivity index (χ4v) is 1.83. The molecule has 0 aliphatic carbocycles. The standard InChI is InChI=1S/C15H18N2O2/c1-11-13(9-16)6-7-15(17-11)19-14-5-3-4-12(8-14)10-18-2/h3-8H,9-10,16H2,1-2H3. The second-order valence-corrected chi connectivity index (χ2v) is 4.28. The smallest absolute Gasteiger partial charge is 0.219 e. The molecule has 0 unspecified atom stereocenters. The monoisotopic (exact) mass is 258 g/mol. The molecule has 2 rings (SSSR count). The van der Waals surface area contributed by atoms with Gasteiger partial charge in [0.25, 0.3) is 0 Å². The molecule has 0 fully saturated rings. The van der Waals surface area contributed by atoms with Crippen LogP contribution in [0.4, 0.5) is 0 Å². The molecule has 4 heteroatoms. The lowest BCUT2D eigenvalue weighted by Crippen LogP contribution is -2.01. The number of methoxy groups -OCH3 is 1. The van der Waals surface area contributed by atoms with Crippen LogP contribution in [0.25, 0.3) is 0 Å². The number of ether oxygens (including phenoxy) is 2. The number of nitrogens with two attached hydrogens (primary N) is 1. The zero-order chi connectivity index (χ0) is 13.7. The Hall–Kier alpha value is -1.91. The van der Waals surface area contributed by atoms with E-state index in [4.69, 9.17) is 15.2 Å². The quantitative estimate of drug-likeness (QED) is 0.896. The molecule has 0 spiro atoms. The van der Waals surface area contributed by atoms with Crippen LogP contribution >= 0.6 is 0 Å². The molecular formula is C15H18N2O2. The summed E-state index contributed by atoms with van der Waals surface area (Å²) in [6.45, 7) is 2.98. The van der Waals surface area contributed by atoms with Crippen molar-refractivity contribution in [3.05, 3.63) is 53.2 Å². The van der Waals surface area contributed by atoms with Crippen molar-refractivity contribution in [1.82, 2.24) is 4.98 Å². The average molecular weight is 258 g/mol. The highest BCUT2D eigenvalue weighted by Gasteiger charge is 2.03. The van der Waals surface area contributed by atoms with Gasteiger partial charge in [0.1, 0.15) is 5.75 Å². The first-order valence-corrected chi connectivity index (χ1v) is 6.15. The summed E-state index contributed by atoms with van der Waals surface area (Å²) >= 11 is 0. The molecule has 2 aromatic rings. The van der Waals surface area contributed by atoms with Crippen molar-refractivity contribution in [2.75, 3.05) is 7.11 Å². The Morgan fingerprint density at radius 1 is 1.21 bits per heavy atom. The van der Waals surface area contributed by atoms with Crippen molar-refractivity contribution >= 4 is 0 Å². The van der Waals surface area contributed by atoms with E-state index in [0.29, 0.717) is 19.0 Å². The van der Waals surface area contributed by atoms with Gasteiger partial charge in [-0.2, -0.15) is 0 Å². The van der Waals surface area contributed by atoms with Gasteiger partial charge in [-0.25, -0.2) is 4.98 Å². The summed E-state index contributed by atoms with van der Waals surface area (Å²) in [5, 5.41) is 0. The van der Waals surface area contributed by atoms with Crippen LogP contribution < -0.4 is 10.5 Å². The average Bonchev–Trinajstić information content (AvgIpc) is 2.40. The van der Waals surface area contributed by atoms with E-state index in [0.717, 1.165) is 22.6 Å². The maximum absolute atomic E-state index is 5.74. The molecule has 1 aromatic heterocycles. The van der Waals surface area contributed by atoms with Gasteiger partial charge in [0, 0.05) is 25.4 Å². The molecule has 0 amide bonds. The highest BCUT2D eigenvalue weighted by Crippen LogP contribution is 2.22. The number of benzene rings is 1. The summed E-state index contributed by atoms with van der Waals surface area (Å²) in [7, 11) is 1.67. The van der Waals surface area contributed by atoms with Crippen molar-refractivity contribution in [2.45, 2.75) is 20.1 Å². The fraction of sp³-hybridized carbons (Fsp3) is 0.267. The van der Waals surface area contributed by atoms with Crippen molar-refractivity contribution < 1.29 is 9.47 Å². The molecule has 0 aliphatic rings. The molecule has 2 N–H and O–H groups in total. The first kappa shape index (κ1) is 13.5. The SMILES string of the molecule is COCc1cccc(Oc2ccc(CN)c(C)n2)c1. The van der Waals surface area contributed by atoms with Crippen molar-refractivity contribution in [3.8, 4) is 11.6 Å². The molecule has 100 valence electrons. The van der Waals surface area contributed by atoms with Crippen LogP contribution in [0.3, 0.4) is 0 Å². The number of nitrogens with zero attached hydrogens (tertiary/aromatic N) is 1. The Labute approximate surface area is 113 Å². The van der Waals surface area contributed by atoms with Crippen molar-refractivity contribution in [2.24, 2.45) is 5.73 Å². The highest BCUT2D eigenvalue weighted by atomic mass is 16.5. The molecule has 0 saturated carbocycles. The van der Waals surface area contributed by atoms with Crippen LogP contribution in [0.2, 0.25) is 0 Å². The first-order chi connectivity index (χ1) is 9.22. The number of hydrogen-bond acceptors (Lipinski definition) is 4. The van der Waals surface area contributed by atoms with E-state index in [-0.39, 0.29) is 0 Å². The molecule has 0 saturated heterocycles. The van der Waals surface area contributed by atoms with Gasteiger partial charge in [0.15, 0.2) is 0 Å². The normalized spacial score (nSPS) is 10.5. The van der Waals surface area contributed by atoms with Crippen LogP contribution in [-0.4, -0.2) is 12.1 Å². The maximum Gasteiger partial charge on any atom is 0.219 e. The van der Waals surface area contributed by atoms with E-state index in [1.807, 2.05) is 43.3 Å². The Bertz CT molecular complexity index is 556. The van der Waals surface area contributed by atoms with Gasteiger partial charge in [-0.3, -0.25) is 0 Å². The van der Waals surface area contributed by atoms with E-state index >= 15 is 0 Å². The summed E-state index contributed by atoms with van der Waals surface area (Å²) in [5.41, 5.74) is 8.60. The summed E-state index contributed by atoms with van der Waals surface area (Å²) < 4.78 is 10.8. The Kier molecular flexibility index (Phi) is 4.49. The first-order valence-electron chi connectivity index (χ1n) is 6.15. The van der Waals surface area contributed by atoms with Crippen LogP contribution in [0.15, 0.2) is 36.4 Å². The van der Waals surface area contributed by atoms with Gasteiger partial charge in [0.05, 0.1) is 6.61 Å². The van der Waals surface area contributed by atoms with E-state index in [1.165, 1.54) is 0 Å². The van der Waals surface area contributed by atoms with Gasteiger partial charge < -0.3 is 15.2 Å². The third-order valence-electron chi connectivity index (χ3n) is 2.82. The van der Waals surface area contributed by atoms with Crippen molar-refractivity contribution in [3.63, 3.8) is 0 Å². The lowest BCUT2D eigenvalue weighted by atomic mass is 10.2. The largest absolute Gasteiger partial charge is 0.439 e. The minimum atomic E-state index is 0.489. The minimum Gasteiger partial charge on any atom is -0.439 e. The molecule has 1 heterocycles. The van der Waals surface area contributed by atoms with E-state index in [9.17, 15) is 0 Å². The third kappa shape index (κ3) is 3.53. The molecule has 0 atom stereocenters. The molecule has 0 bridgehead atoms. The Balaban J connectivity index is 2.16. The number of hydrogen-bond donors (Lipinski definition) is 1. The fourth-order valence-electron chi connectivity index (χ4n) is 1.83. The number of aromatic nitrogens is 1. The highest BCUT2D eigenvalue weighted by molar-refractivity contribution is 5.33. The molecule has 0 radical (unpaired) electrons. The lowest BCUT2D eigenvalue weighted by Gasteiger charge is -2.09. The number of pyridine rings is 1. The summed E-state index contributed by atoms with van der Waals surface area (Å²) in [4.78, 5) is 4.38. The summed E-state index contributed by atoms with van der Waals surface area (Å²) in [6.07, 6.45) is 0. The number of aryl methyl sites for hydroxylation is 1. The van der Waals surface area contributed by atoms with E-state index < -0.39 is 0 Å². The third-order valence-corrected chi connectivity index (χ3v) is 2.82. The predicted octanol–water partition coefficient (Wildman–Crippen LogP) is 2.79. The second kappa shape index (κ2) is 6.31. The van der Waals surface area contributed by atoms with Crippen LogP contribution in [0.5, 0.6) is 11.6 Å². The van der Waals surface area contributed by atoms with Gasteiger partial charge in [-0.15, -0.1) is 0 Å². The molecule has 19 heavy (non-hydrogen) atoms. The van der Waals surface area contributed by atoms with Crippen LogP contribution in [0.1, 0.15) is 16.8 Å².